The Kier molecular flexibility index (Phi) is 6.12. The van der Waals surface area contributed by atoms with Crippen molar-refractivity contribution in [1.29, 1.82) is 0 Å². The number of hydrogen-bond acceptors (Lipinski definition) is 3. The first-order chi connectivity index (χ1) is 17.2. The lowest BCUT2D eigenvalue weighted by Gasteiger charge is -2.13. The molecule has 2 N–H and O–H groups in total. The maximum absolute atomic E-state index is 14.0. The second-order valence-electron chi connectivity index (χ2n) is 8.41. The molecule has 0 aliphatic carbocycles. The fourth-order valence-electron chi connectivity index (χ4n) is 4.07. The molecule has 4 aromatic carbocycles. The van der Waals surface area contributed by atoms with E-state index in [0.29, 0.717) is 27.4 Å². The van der Waals surface area contributed by atoms with Gasteiger partial charge in [-0.25, -0.2) is 12.8 Å². The van der Waals surface area contributed by atoms with E-state index in [9.17, 15) is 17.6 Å². The van der Waals surface area contributed by atoms with Gasteiger partial charge in [-0.05, 0) is 71.8 Å². The standard InChI is InChI=1S/C28H20ClFN2O3S/c1-36(34,35)21-10-11-22(23(16-21)17-6-4-7-19(30)13-17)28(33)31-20-9-12-25(29)24(15-20)27-14-18-5-2-3-8-26(18)32-27/h2-16,32H,1H3,(H,31,33). The van der Waals surface area contributed by atoms with Gasteiger partial charge >= 0.3 is 0 Å². The highest BCUT2D eigenvalue weighted by molar-refractivity contribution is 7.90. The maximum atomic E-state index is 14.0. The number of para-hydroxylation sites is 1. The monoisotopic (exact) mass is 518 g/mol. The lowest BCUT2D eigenvalue weighted by atomic mass is 9.99. The number of fused-ring (bicyclic) bond motifs is 1. The molecule has 1 aromatic heterocycles. The number of amides is 1. The third-order valence-corrected chi connectivity index (χ3v) is 7.28. The Hall–Kier alpha value is -3.94. The van der Waals surface area contributed by atoms with E-state index in [1.807, 2.05) is 30.3 Å². The van der Waals surface area contributed by atoms with Crippen molar-refractivity contribution in [3.63, 3.8) is 0 Å². The Morgan fingerprint density at radius 2 is 1.69 bits per heavy atom. The van der Waals surface area contributed by atoms with Crippen molar-refractivity contribution < 1.29 is 17.6 Å². The molecular weight excluding hydrogens is 499 g/mol. The second kappa shape index (κ2) is 9.26. The van der Waals surface area contributed by atoms with Crippen LogP contribution in [-0.2, 0) is 9.84 Å². The molecule has 36 heavy (non-hydrogen) atoms. The summed E-state index contributed by atoms with van der Waals surface area (Å²) in [5, 5.41) is 4.40. The molecule has 1 amide bonds. The minimum Gasteiger partial charge on any atom is -0.354 e. The molecular formula is C28H20ClFN2O3S. The van der Waals surface area contributed by atoms with Gasteiger partial charge in [0.2, 0.25) is 0 Å². The zero-order valence-corrected chi connectivity index (χ0v) is 20.6. The summed E-state index contributed by atoms with van der Waals surface area (Å²) in [4.78, 5) is 16.7. The van der Waals surface area contributed by atoms with E-state index in [2.05, 4.69) is 10.3 Å². The summed E-state index contributed by atoms with van der Waals surface area (Å²) in [6.07, 6.45) is 1.08. The van der Waals surface area contributed by atoms with Crippen LogP contribution in [0.5, 0.6) is 0 Å². The molecule has 5 nitrogen and oxygen atoms in total. The van der Waals surface area contributed by atoms with Crippen molar-refractivity contribution in [3.05, 3.63) is 107 Å². The highest BCUT2D eigenvalue weighted by atomic mass is 35.5. The first kappa shape index (κ1) is 23.8. The van der Waals surface area contributed by atoms with Gasteiger partial charge in [0.1, 0.15) is 5.82 Å². The maximum Gasteiger partial charge on any atom is 0.256 e. The van der Waals surface area contributed by atoms with Crippen LogP contribution in [0.3, 0.4) is 0 Å². The Morgan fingerprint density at radius 1 is 0.889 bits per heavy atom. The molecule has 8 heteroatoms. The average molecular weight is 519 g/mol. The van der Waals surface area contributed by atoms with Crippen LogP contribution in [0.4, 0.5) is 10.1 Å². The molecule has 0 saturated heterocycles. The predicted octanol–water partition coefficient (Wildman–Crippen LogP) is 6.95. The van der Waals surface area contributed by atoms with Crippen LogP contribution in [0, 0.1) is 5.82 Å². The van der Waals surface area contributed by atoms with Gasteiger partial charge in [-0.3, -0.25) is 4.79 Å². The number of sulfone groups is 1. The molecule has 0 atom stereocenters. The van der Waals surface area contributed by atoms with E-state index in [1.165, 1.54) is 36.4 Å². The number of carbonyl (C=O) groups excluding carboxylic acids is 1. The van der Waals surface area contributed by atoms with Crippen molar-refractivity contribution >= 4 is 43.9 Å². The number of aromatic nitrogens is 1. The summed E-state index contributed by atoms with van der Waals surface area (Å²) in [5.74, 6) is -0.969. The minimum atomic E-state index is -3.54. The van der Waals surface area contributed by atoms with Gasteiger partial charge in [0, 0.05) is 39.7 Å². The smallest absolute Gasteiger partial charge is 0.256 e. The van der Waals surface area contributed by atoms with E-state index in [1.54, 1.807) is 24.3 Å². The van der Waals surface area contributed by atoms with Gasteiger partial charge in [0.05, 0.1) is 9.92 Å². The van der Waals surface area contributed by atoms with Crippen molar-refractivity contribution in [3.8, 4) is 22.4 Å². The Balaban J connectivity index is 1.53. The van der Waals surface area contributed by atoms with Crippen LogP contribution < -0.4 is 5.32 Å². The number of H-pyrrole nitrogens is 1. The second-order valence-corrected chi connectivity index (χ2v) is 10.8. The average Bonchev–Trinajstić information content (AvgIpc) is 3.28. The number of rotatable bonds is 5. The number of halogens is 2. The van der Waals surface area contributed by atoms with Gasteiger partial charge in [-0.15, -0.1) is 0 Å². The lowest BCUT2D eigenvalue weighted by Crippen LogP contribution is -2.14. The molecule has 0 unspecified atom stereocenters. The zero-order valence-electron chi connectivity index (χ0n) is 19.0. The fourth-order valence-corrected chi connectivity index (χ4v) is 4.94. The first-order valence-corrected chi connectivity index (χ1v) is 13.2. The third-order valence-electron chi connectivity index (χ3n) is 5.84. The predicted molar refractivity (Wildman–Crippen MR) is 142 cm³/mol. The van der Waals surface area contributed by atoms with E-state index in [-0.39, 0.29) is 10.5 Å². The van der Waals surface area contributed by atoms with E-state index >= 15 is 0 Å². The minimum absolute atomic E-state index is 0.0332. The summed E-state index contributed by atoms with van der Waals surface area (Å²) >= 11 is 6.47. The molecule has 0 bridgehead atoms. The molecule has 0 aliphatic heterocycles. The van der Waals surface area contributed by atoms with Gasteiger partial charge < -0.3 is 10.3 Å². The largest absolute Gasteiger partial charge is 0.354 e. The quantitative estimate of drug-likeness (QED) is 0.264. The third kappa shape index (κ3) is 4.76. The zero-order chi connectivity index (χ0) is 25.4. The van der Waals surface area contributed by atoms with Crippen molar-refractivity contribution in [2.75, 3.05) is 11.6 Å². The summed E-state index contributed by atoms with van der Waals surface area (Å²) in [7, 11) is -3.54. The number of benzene rings is 4. The molecule has 0 spiro atoms. The number of aromatic amines is 1. The molecule has 0 saturated carbocycles. The number of anilines is 1. The highest BCUT2D eigenvalue weighted by Gasteiger charge is 2.18. The van der Waals surface area contributed by atoms with Gasteiger partial charge in [-0.2, -0.15) is 0 Å². The summed E-state index contributed by atoms with van der Waals surface area (Å²) in [5.41, 5.74) is 3.87. The van der Waals surface area contributed by atoms with Crippen molar-refractivity contribution in [2.24, 2.45) is 0 Å². The Bertz CT molecular complexity index is 1710. The van der Waals surface area contributed by atoms with Crippen molar-refractivity contribution in [1.82, 2.24) is 4.98 Å². The van der Waals surface area contributed by atoms with E-state index in [0.717, 1.165) is 22.9 Å². The van der Waals surface area contributed by atoms with Gasteiger partial charge in [0.25, 0.3) is 5.91 Å². The molecule has 180 valence electrons. The normalized spacial score (nSPS) is 11.5. The van der Waals surface area contributed by atoms with Crippen LogP contribution in [0.1, 0.15) is 10.4 Å². The number of hydrogen-bond donors (Lipinski definition) is 2. The van der Waals surface area contributed by atoms with Crippen LogP contribution in [-0.4, -0.2) is 25.6 Å². The highest BCUT2D eigenvalue weighted by Crippen LogP contribution is 2.33. The van der Waals surface area contributed by atoms with E-state index < -0.39 is 21.6 Å². The Morgan fingerprint density at radius 3 is 2.44 bits per heavy atom. The molecule has 0 aliphatic rings. The summed E-state index contributed by atoms with van der Waals surface area (Å²) in [6, 6.07) is 24.8. The van der Waals surface area contributed by atoms with E-state index in [4.69, 9.17) is 11.6 Å². The Labute approximate surface area is 212 Å². The molecule has 5 aromatic rings. The van der Waals surface area contributed by atoms with Crippen LogP contribution >= 0.6 is 11.6 Å². The first-order valence-electron chi connectivity index (χ1n) is 11.0. The number of carbonyl (C=O) groups is 1. The summed E-state index contributed by atoms with van der Waals surface area (Å²) < 4.78 is 38.2. The van der Waals surface area contributed by atoms with Crippen molar-refractivity contribution in [2.45, 2.75) is 4.90 Å². The van der Waals surface area contributed by atoms with Gasteiger partial charge in [0.15, 0.2) is 9.84 Å². The SMILES string of the molecule is CS(=O)(=O)c1ccc(C(=O)Nc2ccc(Cl)c(-c3cc4ccccc4[nH]3)c2)c(-c2cccc(F)c2)c1. The van der Waals surface area contributed by atoms with Crippen LogP contribution in [0.25, 0.3) is 33.3 Å². The topological polar surface area (TPSA) is 79.0 Å². The summed E-state index contributed by atoms with van der Waals surface area (Å²) in [6.45, 7) is 0. The number of nitrogens with one attached hydrogen (secondary N) is 2. The fraction of sp³-hybridized carbons (Fsp3) is 0.0357. The molecule has 0 fully saturated rings. The van der Waals surface area contributed by atoms with Gasteiger partial charge in [-0.1, -0.05) is 41.9 Å². The van der Waals surface area contributed by atoms with Crippen LogP contribution in [0.2, 0.25) is 5.02 Å². The molecule has 5 rings (SSSR count). The lowest BCUT2D eigenvalue weighted by molar-refractivity contribution is 0.102. The molecule has 1 heterocycles. The van der Waals surface area contributed by atoms with Crippen LogP contribution in [0.15, 0.2) is 95.9 Å². The molecule has 0 radical (unpaired) electrons.